The third-order valence-electron chi connectivity index (χ3n) is 8.50. The van der Waals surface area contributed by atoms with Gasteiger partial charge in [0.1, 0.15) is 17.6 Å². The smallest absolute Gasteiger partial charge is 0.313 e. The number of anilines is 1. The molecule has 4 aliphatic heterocycles. The van der Waals surface area contributed by atoms with Crippen molar-refractivity contribution in [2.24, 2.45) is 11.3 Å². The molecule has 1 aromatic carbocycles. The monoisotopic (exact) mass is 542 g/mol. The number of halogens is 1. The molecule has 0 saturated carbocycles. The summed E-state index contributed by atoms with van der Waals surface area (Å²) < 4.78 is 12.5. The number of fused-ring (bicyclic) bond motifs is 2. The van der Waals surface area contributed by atoms with E-state index in [1.54, 1.807) is 41.0 Å². The number of esters is 1. The van der Waals surface area contributed by atoms with Crippen LogP contribution in [0.25, 0.3) is 0 Å². The zero-order valence-corrected chi connectivity index (χ0v) is 22.6. The standard InChI is InChI=1S/C29H35ClN2O6/c1-19-9-4-5-10-22-23(26(35)37-19)28(2)27(36)32(16-6-3-7-18-33)24-25(34)31(17-8-15-29(24,28)38-22)21-13-11-20(30)12-14-21/h5,8,10-15,19,22-24,33H,3-4,6-7,9,16-18H2,1-2H3/b10-5-/t19?,22-,23?,24-,28+,29?/m1/s1. The number of nitrogens with zero attached hydrogens (tertiary/aromatic N) is 2. The van der Waals surface area contributed by atoms with Gasteiger partial charge in [-0.2, -0.15) is 0 Å². The molecule has 1 N–H and O–H groups in total. The Morgan fingerprint density at radius 2 is 1.87 bits per heavy atom. The van der Waals surface area contributed by atoms with Crippen LogP contribution in [0.4, 0.5) is 5.69 Å². The van der Waals surface area contributed by atoms with E-state index in [0.29, 0.717) is 42.9 Å². The molecule has 4 heterocycles. The lowest BCUT2D eigenvalue weighted by Crippen LogP contribution is -2.56. The van der Waals surface area contributed by atoms with E-state index in [9.17, 15) is 19.5 Å². The molecule has 2 saturated heterocycles. The molecule has 4 aliphatic rings. The van der Waals surface area contributed by atoms with Crippen molar-refractivity contribution in [1.29, 1.82) is 0 Å². The summed E-state index contributed by atoms with van der Waals surface area (Å²) in [5.74, 6) is -1.92. The lowest BCUT2D eigenvalue weighted by Gasteiger charge is -2.37. The first-order valence-electron chi connectivity index (χ1n) is 13.5. The molecule has 0 bridgehead atoms. The summed E-state index contributed by atoms with van der Waals surface area (Å²) in [5, 5.41) is 9.80. The second kappa shape index (κ2) is 10.5. The molecular formula is C29H35ClN2O6. The van der Waals surface area contributed by atoms with E-state index in [0.717, 1.165) is 6.42 Å². The topological polar surface area (TPSA) is 96.4 Å². The van der Waals surface area contributed by atoms with Crippen LogP contribution in [-0.2, 0) is 23.9 Å². The van der Waals surface area contributed by atoms with Gasteiger partial charge in [-0.15, -0.1) is 0 Å². The Hall–Kier alpha value is -2.68. The molecule has 5 rings (SSSR count). The number of hydrogen-bond donors (Lipinski definition) is 1. The molecule has 204 valence electrons. The van der Waals surface area contributed by atoms with Gasteiger partial charge in [-0.25, -0.2) is 0 Å². The van der Waals surface area contributed by atoms with Gasteiger partial charge in [-0.3, -0.25) is 14.4 Å². The number of carbonyl (C=O) groups excluding carboxylic acids is 3. The number of amides is 2. The maximum atomic E-state index is 14.4. The van der Waals surface area contributed by atoms with E-state index in [1.165, 1.54) is 0 Å². The predicted molar refractivity (Wildman–Crippen MR) is 143 cm³/mol. The Kier molecular flexibility index (Phi) is 7.42. The first kappa shape index (κ1) is 26.9. The Morgan fingerprint density at radius 1 is 1.11 bits per heavy atom. The summed E-state index contributed by atoms with van der Waals surface area (Å²) >= 11 is 6.10. The lowest BCUT2D eigenvalue weighted by molar-refractivity contribution is -0.161. The summed E-state index contributed by atoms with van der Waals surface area (Å²) in [6, 6.07) is 6.05. The van der Waals surface area contributed by atoms with Gasteiger partial charge in [0.2, 0.25) is 5.91 Å². The van der Waals surface area contributed by atoms with Gasteiger partial charge in [-0.05, 0) is 70.2 Å². The quantitative estimate of drug-likeness (QED) is 0.335. The van der Waals surface area contributed by atoms with Crippen LogP contribution in [0.2, 0.25) is 5.02 Å². The van der Waals surface area contributed by atoms with Crippen molar-refractivity contribution >= 4 is 35.1 Å². The van der Waals surface area contributed by atoms with Crippen LogP contribution in [0.1, 0.15) is 46.0 Å². The number of unbranched alkanes of at least 4 members (excludes halogenated alkanes) is 2. The lowest BCUT2D eigenvalue weighted by atomic mass is 9.65. The highest BCUT2D eigenvalue weighted by Crippen LogP contribution is 2.61. The van der Waals surface area contributed by atoms with Crippen LogP contribution < -0.4 is 4.90 Å². The Labute approximate surface area is 228 Å². The fourth-order valence-electron chi connectivity index (χ4n) is 6.54. The highest BCUT2D eigenvalue weighted by molar-refractivity contribution is 6.30. The van der Waals surface area contributed by atoms with E-state index in [4.69, 9.17) is 21.1 Å². The van der Waals surface area contributed by atoms with Gasteiger partial charge in [0, 0.05) is 30.4 Å². The minimum absolute atomic E-state index is 0.0638. The van der Waals surface area contributed by atoms with Crippen LogP contribution in [-0.4, -0.2) is 71.3 Å². The number of allylic oxidation sites excluding steroid dienone is 1. The SMILES string of the molecule is CC1CC/C=C\[C@H]2OC34C=CCN(c5ccc(Cl)cc5)C(=O)[C@H]3N(CCCCCO)C(=O)[C@]4(C)C2C(=O)O1. The summed E-state index contributed by atoms with van der Waals surface area (Å²) in [6.45, 7) is 4.28. The van der Waals surface area contributed by atoms with E-state index in [-0.39, 0.29) is 31.1 Å². The van der Waals surface area contributed by atoms with Gasteiger partial charge >= 0.3 is 5.97 Å². The van der Waals surface area contributed by atoms with Crippen LogP contribution in [0.3, 0.4) is 0 Å². The molecule has 0 aliphatic carbocycles. The molecule has 2 fully saturated rings. The summed E-state index contributed by atoms with van der Waals surface area (Å²) in [7, 11) is 0. The number of aliphatic hydroxyl groups excluding tert-OH is 1. The highest BCUT2D eigenvalue weighted by atomic mass is 35.5. The largest absolute Gasteiger partial charge is 0.462 e. The molecule has 8 nitrogen and oxygen atoms in total. The van der Waals surface area contributed by atoms with Crippen LogP contribution in [0.5, 0.6) is 0 Å². The molecule has 3 unspecified atom stereocenters. The molecule has 38 heavy (non-hydrogen) atoms. The molecule has 1 spiro atoms. The van der Waals surface area contributed by atoms with Crippen molar-refractivity contribution in [1.82, 2.24) is 4.90 Å². The van der Waals surface area contributed by atoms with E-state index in [2.05, 4.69) is 0 Å². The normalized spacial score (nSPS) is 35.5. The maximum absolute atomic E-state index is 14.4. The number of aliphatic hydroxyl groups is 1. The van der Waals surface area contributed by atoms with Crippen molar-refractivity contribution < 1.29 is 29.0 Å². The van der Waals surface area contributed by atoms with Crippen LogP contribution in [0.15, 0.2) is 48.6 Å². The highest BCUT2D eigenvalue weighted by Gasteiger charge is 2.78. The number of likely N-dealkylation sites (tertiary alicyclic amines) is 1. The molecule has 9 heteroatoms. The number of cyclic esters (lactones) is 1. The first-order valence-corrected chi connectivity index (χ1v) is 13.8. The van der Waals surface area contributed by atoms with Gasteiger partial charge < -0.3 is 24.4 Å². The molecule has 2 amide bonds. The molecule has 0 aromatic heterocycles. The second-order valence-corrected chi connectivity index (χ2v) is 11.3. The molecule has 0 radical (unpaired) electrons. The zero-order chi connectivity index (χ0) is 27.1. The van der Waals surface area contributed by atoms with Gasteiger partial charge in [0.05, 0.1) is 17.6 Å². The first-order chi connectivity index (χ1) is 18.2. The van der Waals surface area contributed by atoms with Crippen LogP contribution in [0, 0.1) is 11.3 Å². The average molecular weight is 543 g/mol. The number of benzene rings is 1. The number of ether oxygens (including phenoxy) is 2. The van der Waals surface area contributed by atoms with Gasteiger partial charge in [-0.1, -0.05) is 35.9 Å². The predicted octanol–water partition coefficient (Wildman–Crippen LogP) is 3.66. The van der Waals surface area contributed by atoms with Crippen molar-refractivity contribution in [3.05, 3.63) is 53.6 Å². The van der Waals surface area contributed by atoms with Crippen molar-refractivity contribution in [3.63, 3.8) is 0 Å². The Morgan fingerprint density at radius 3 is 2.61 bits per heavy atom. The van der Waals surface area contributed by atoms with Gasteiger partial charge in [0.25, 0.3) is 5.91 Å². The molecule has 1 aromatic rings. The van der Waals surface area contributed by atoms with Gasteiger partial charge in [0.15, 0.2) is 0 Å². The third kappa shape index (κ3) is 4.17. The van der Waals surface area contributed by atoms with Crippen LogP contribution >= 0.6 is 11.6 Å². The third-order valence-corrected chi connectivity index (χ3v) is 8.75. The Balaban J connectivity index is 1.61. The second-order valence-electron chi connectivity index (χ2n) is 10.8. The molecule has 6 atom stereocenters. The van der Waals surface area contributed by atoms with E-state index in [1.807, 2.05) is 31.2 Å². The number of hydrogen-bond acceptors (Lipinski definition) is 6. The average Bonchev–Trinajstić information content (AvgIpc) is 3.19. The summed E-state index contributed by atoms with van der Waals surface area (Å²) in [4.78, 5) is 45.6. The zero-order valence-electron chi connectivity index (χ0n) is 21.8. The van der Waals surface area contributed by atoms with Crippen molar-refractivity contribution in [3.8, 4) is 0 Å². The van der Waals surface area contributed by atoms with Crippen molar-refractivity contribution in [2.75, 3.05) is 24.6 Å². The fourth-order valence-corrected chi connectivity index (χ4v) is 6.67. The maximum Gasteiger partial charge on any atom is 0.313 e. The number of carbonyl (C=O) groups is 3. The van der Waals surface area contributed by atoms with E-state index < -0.39 is 35.0 Å². The fraction of sp³-hybridized carbons (Fsp3) is 0.552. The molecular weight excluding hydrogens is 508 g/mol. The number of rotatable bonds is 6. The van der Waals surface area contributed by atoms with E-state index >= 15 is 0 Å². The summed E-state index contributed by atoms with van der Waals surface area (Å²) in [6.07, 6.45) is 9.87. The Bertz CT molecular complexity index is 1150. The van der Waals surface area contributed by atoms with Crippen molar-refractivity contribution in [2.45, 2.75) is 69.8 Å². The minimum Gasteiger partial charge on any atom is -0.462 e. The minimum atomic E-state index is -1.35. The summed E-state index contributed by atoms with van der Waals surface area (Å²) in [5.41, 5.74) is -2.02.